The Hall–Kier alpha value is -1.82. The summed E-state index contributed by atoms with van der Waals surface area (Å²) in [6.07, 6.45) is 11.5. The summed E-state index contributed by atoms with van der Waals surface area (Å²) in [5, 5.41) is 0. The maximum absolute atomic E-state index is 3.99. The first-order chi connectivity index (χ1) is 11.3. The van der Waals surface area contributed by atoms with E-state index in [9.17, 15) is 0 Å². The van der Waals surface area contributed by atoms with Gasteiger partial charge in [0, 0.05) is 0 Å². The molecular formula is C23H26. The van der Waals surface area contributed by atoms with Crippen LogP contribution in [0, 0.1) is 5.41 Å². The fraction of sp³-hybridized carbons (Fsp3) is 0.391. The lowest BCUT2D eigenvalue weighted by atomic mass is 9.50. The van der Waals surface area contributed by atoms with Crippen LogP contribution in [0.2, 0.25) is 0 Å². The molecule has 0 radical (unpaired) electrons. The minimum Gasteiger partial charge on any atom is -0.103 e. The summed E-state index contributed by atoms with van der Waals surface area (Å²) >= 11 is 0. The van der Waals surface area contributed by atoms with Gasteiger partial charge >= 0.3 is 0 Å². The summed E-state index contributed by atoms with van der Waals surface area (Å²) in [6, 6.07) is 20.1. The van der Waals surface area contributed by atoms with Crippen LogP contribution in [0.15, 0.2) is 67.3 Å². The second-order valence-electron chi connectivity index (χ2n) is 7.68. The zero-order chi connectivity index (χ0) is 15.8. The molecule has 0 aromatic heterocycles. The molecule has 3 saturated carbocycles. The normalized spacial score (nSPS) is 29.4. The molecule has 0 aliphatic heterocycles. The average molecular weight is 302 g/mol. The van der Waals surface area contributed by atoms with Crippen LogP contribution < -0.4 is 0 Å². The minimum absolute atomic E-state index is 0.412. The maximum atomic E-state index is 3.99. The van der Waals surface area contributed by atoms with E-state index in [1.807, 2.05) is 0 Å². The summed E-state index contributed by atoms with van der Waals surface area (Å²) < 4.78 is 0. The Kier molecular flexibility index (Phi) is 3.64. The van der Waals surface area contributed by atoms with Crippen molar-refractivity contribution in [3.05, 3.63) is 72.8 Å². The van der Waals surface area contributed by atoms with Crippen molar-refractivity contribution >= 4 is 0 Å². The van der Waals surface area contributed by atoms with Gasteiger partial charge in [-0.15, -0.1) is 6.58 Å². The number of rotatable bonds is 4. The highest BCUT2D eigenvalue weighted by Gasteiger charge is 2.49. The van der Waals surface area contributed by atoms with Crippen molar-refractivity contribution in [3.63, 3.8) is 0 Å². The Labute approximate surface area is 140 Å². The Bertz CT molecular complexity index is 670. The van der Waals surface area contributed by atoms with Gasteiger partial charge in [0.05, 0.1) is 0 Å². The van der Waals surface area contributed by atoms with Crippen LogP contribution >= 0.6 is 0 Å². The van der Waals surface area contributed by atoms with Crippen LogP contribution in [-0.4, -0.2) is 0 Å². The third kappa shape index (κ3) is 2.45. The van der Waals surface area contributed by atoms with Crippen molar-refractivity contribution in [1.82, 2.24) is 0 Å². The Balaban J connectivity index is 1.72. The number of fused-ring (bicyclic) bond motifs is 3. The molecule has 23 heavy (non-hydrogen) atoms. The molecule has 0 amide bonds. The summed E-state index contributed by atoms with van der Waals surface area (Å²) in [6.45, 7) is 3.99. The largest absolute Gasteiger partial charge is 0.103 e. The molecule has 3 aliphatic rings. The van der Waals surface area contributed by atoms with Gasteiger partial charge in [-0.1, -0.05) is 60.7 Å². The Morgan fingerprint density at radius 2 is 1.39 bits per heavy atom. The molecule has 2 bridgehead atoms. The van der Waals surface area contributed by atoms with Gasteiger partial charge in [-0.25, -0.2) is 0 Å². The highest BCUT2D eigenvalue weighted by atomic mass is 14.5. The molecule has 2 aromatic carbocycles. The van der Waals surface area contributed by atoms with Crippen molar-refractivity contribution in [2.24, 2.45) is 5.41 Å². The summed E-state index contributed by atoms with van der Waals surface area (Å²) in [7, 11) is 0. The monoisotopic (exact) mass is 302 g/mol. The van der Waals surface area contributed by atoms with Crippen LogP contribution in [0.1, 0.15) is 50.5 Å². The van der Waals surface area contributed by atoms with Crippen LogP contribution in [0.3, 0.4) is 0 Å². The quantitative estimate of drug-likeness (QED) is 0.564. The minimum atomic E-state index is 0.412. The number of allylic oxidation sites excluding steroid dienone is 1. The van der Waals surface area contributed by atoms with Gasteiger partial charge in [0.1, 0.15) is 0 Å². The van der Waals surface area contributed by atoms with Crippen LogP contribution in [-0.2, 0) is 5.41 Å². The first-order valence-corrected chi connectivity index (χ1v) is 9.03. The predicted octanol–water partition coefficient (Wildman–Crippen LogP) is 6.52. The van der Waals surface area contributed by atoms with Crippen molar-refractivity contribution < 1.29 is 0 Å². The summed E-state index contributed by atoms with van der Waals surface area (Å²) in [4.78, 5) is 0. The van der Waals surface area contributed by atoms with Crippen molar-refractivity contribution in [1.29, 1.82) is 0 Å². The zero-order valence-electron chi connectivity index (χ0n) is 13.9. The van der Waals surface area contributed by atoms with E-state index in [1.165, 1.54) is 56.1 Å². The lowest BCUT2D eigenvalue weighted by molar-refractivity contribution is 0.0426. The highest BCUT2D eigenvalue weighted by Crippen LogP contribution is 2.60. The SMILES string of the molecule is C=CCC12CCC(c3ccccc3-c3ccccc3)(CC1)CC2. The first kappa shape index (κ1) is 14.8. The van der Waals surface area contributed by atoms with Gasteiger partial charge in [-0.2, -0.15) is 0 Å². The molecule has 3 aliphatic carbocycles. The van der Waals surface area contributed by atoms with Gasteiger partial charge in [-0.05, 0) is 72.5 Å². The van der Waals surface area contributed by atoms with E-state index in [0.29, 0.717) is 10.8 Å². The smallest absolute Gasteiger partial charge is 0.00402 e. The Morgan fingerprint density at radius 3 is 2.04 bits per heavy atom. The van der Waals surface area contributed by atoms with Crippen LogP contribution in [0.5, 0.6) is 0 Å². The lowest BCUT2D eigenvalue weighted by Gasteiger charge is -2.54. The van der Waals surface area contributed by atoms with E-state index in [2.05, 4.69) is 67.3 Å². The number of hydrogen-bond acceptors (Lipinski definition) is 0. The first-order valence-electron chi connectivity index (χ1n) is 9.03. The topological polar surface area (TPSA) is 0 Å². The van der Waals surface area contributed by atoms with Crippen molar-refractivity contribution in [3.8, 4) is 11.1 Å². The number of benzene rings is 2. The van der Waals surface area contributed by atoms with Gasteiger partial charge < -0.3 is 0 Å². The second kappa shape index (κ2) is 5.67. The summed E-state index contributed by atoms with van der Waals surface area (Å²) in [5.74, 6) is 0. The highest BCUT2D eigenvalue weighted by molar-refractivity contribution is 5.69. The average Bonchev–Trinajstić information content (AvgIpc) is 2.64. The molecule has 0 saturated heterocycles. The Morgan fingerprint density at radius 1 is 0.783 bits per heavy atom. The van der Waals surface area contributed by atoms with Gasteiger partial charge in [0.25, 0.3) is 0 Å². The van der Waals surface area contributed by atoms with E-state index in [1.54, 1.807) is 5.56 Å². The number of hydrogen-bond donors (Lipinski definition) is 0. The predicted molar refractivity (Wildman–Crippen MR) is 98.5 cm³/mol. The van der Waals surface area contributed by atoms with Crippen LogP contribution in [0.4, 0.5) is 0 Å². The maximum Gasteiger partial charge on any atom is -0.00402 e. The van der Waals surface area contributed by atoms with E-state index in [4.69, 9.17) is 0 Å². The molecule has 0 N–H and O–H groups in total. The van der Waals surface area contributed by atoms with Gasteiger partial charge in [0.15, 0.2) is 0 Å². The van der Waals surface area contributed by atoms with Gasteiger partial charge in [0.2, 0.25) is 0 Å². The molecule has 5 rings (SSSR count). The third-order valence-electron chi connectivity index (χ3n) is 6.56. The second-order valence-corrected chi connectivity index (χ2v) is 7.68. The molecule has 0 heterocycles. The van der Waals surface area contributed by atoms with E-state index >= 15 is 0 Å². The van der Waals surface area contributed by atoms with E-state index in [-0.39, 0.29) is 0 Å². The zero-order valence-corrected chi connectivity index (χ0v) is 13.9. The molecule has 0 spiro atoms. The molecule has 0 nitrogen and oxygen atoms in total. The summed E-state index contributed by atoms with van der Waals surface area (Å²) in [5.41, 5.74) is 5.40. The molecule has 2 aromatic rings. The van der Waals surface area contributed by atoms with E-state index < -0.39 is 0 Å². The molecule has 118 valence electrons. The van der Waals surface area contributed by atoms with Crippen molar-refractivity contribution in [2.75, 3.05) is 0 Å². The molecular weight excluding hydrogens is 276 g/mol. The van der Waals surface area contributed by atoms with Crippen molar-refractivity contribution in [2.45, 2.75) is 50.4 Å². The standard InChI is InChI=1S/C23H26/c1-2-12-22-13-16-23(17-14-22,18-15-22)21-11-7-6-10-20(21)19-8-4-3-5-9-19/h2-11H,1,12-18H2. The van der Waals surface area contributed by atoms with Gasteiger partial charge in [-0.3, -0.25) is 0 Å². The van der Waals surface area contributed by atoms with Crippen LogP contribution in [0.25, 0.3) is 11.1 Å². The molecule has 3 fully saturated rings. The molecule has 0 atom stereocenters. The fourth-order valence-corrected chi connectivity index (χ4v) is 5.09. The lowest BCUT2D eigenvalue weighted by Crippen LogP contribution is -2.44. The third-order valence-corrected chi connectivity index (χ3v) is 6.56. The fourth-order valence-electron chi connectivity index (χ4n) is 5.09. The molecule has 0 unspecified atom stereocenters. The van der Waals surface area contributed by atoms with E-state index in [0.717, 1.165) is 0 Å². The molecule has 0 heteroatoms.